The lowest BCUT2D eigenvalue weighted by atomic mass is 10.2. The highest BCUT2D eigenvalue weighted by Gasteiger charge is 2.15. The van der Waals surface area contributed by atoms with Crippen molar-refractivity contribution in [3.05, 3.63) is 53.2 Å². The van der Waals surface area contributed by atoms with Crippen LogP contribution in [0.1, 0.15) is 15.9 Å². The Labute approximate surface area is 104 Å². The van der Waals surface area contributed by atoms with E-state index in [-0.39, 0.29) is 5.91 Å². The summed E-state index contributed by atoms with van der Waals surface area (Å²) in [5, 5.41) is 0.407. The van der Waals surface area contributed by atoms with Gasteiger partial charge in [-0.1, -0.05) is 11.6 Å². The highest BCUT2D eigenvalue weighted by molar-refractivity contribution is 6.33. The Morgan fingerprint density at radius 3 is 3.00 bits per heavy atom. The van der Waals surface area contributed by atoms with Crippen molar-refractivity contribution in [2.45, 2.75) is 6.54 Å². The topological polar surface area (TPSA) is 46.3 Å². The van der Waals surface area contributed by atoms with E-state index in [2.05, 4.69) is 4.98 Å². The summed E-state index contributed by atoms with van der Waals surface area (Å²) >= 11 is 5.94. The van der Waals surface area contributed by atoms with Gasteiger partial charge in [-0.05, 0) is 12.1 Å². The van der Waals surface area contributed by atoms with Gasteiger partial charge in [0, 0.05) is 31.5 Å². The molecule has 0 aromatic carbocycles. The van der Waals surface area contributed by atoms with Crippen LogP contribution >= 0.6 is 11.6 Å². The maximum atomic E-state index is 12.1. The lowest BCUT2D eigenvalue weighted by Crippen LogP contribution is -2.26. The van der Waals surface area contributed by atoms with Crippen molar-refractivity contribution in [3.8, 4) is 0 Å². The fraction of sp³-hybridized carbons (Fsp3) is 0.167. The van der Waals surface area contributed by atoms with Crippen LogP contribution in [0, 0.1) is 0 Å². The van der Waals surface area contributed by atoms with Crippen molar-refractivity contribution < 1.29 is 9.21 Å². The number of carbonyl (C=O) groups excluding carboxylic acids is 1. The summed E-state index contributed by atoms with van der Waals surface area (Å²) in [5.41, 5.74) is 1.33. The van der Waals surface area contributed by atoms with E-state index in [1.807, 2.05) is 6.07 Å². The monoisotopic (exact) mass is 250 g/mol. The molecule has 0 radical (unpaired) electrons. The van der Waals surface area contributed by atoms with Crippen LogP contribution in [-0.4, -0.2) is 22.8 Å². The molecule has 0 bridgehead atoms. The molecule has 88 valence electrons. The smallest absolute Gasteiger partial charge is 0.256 e. The summed E-state index contributed by atoms with van der Waals surface area (Å²) in [6.45, 7) is 0.473. The van der Waals surface area contributed by atoms with Gasteiger partial charge in [0.25, 0.3) is 5.91 Å². The molecule has 1 amide bonds. The van der Waals surface area contributed by atoms with Crippen LogP contribution in [0.25, 0.3) is 0 Å². The first-order valence-corrected chi connectivity index (χ1v) is 5.42. The second-order valence-corrected chi connectivity index (χ2v) is 4.06. The Balaban J connectivity index is 2.13. The number of nitrogens with zero attached hydrogens (tertiary/aromatic N) is 2. The van der Waals surface area contributed by atoms with Gasteiger partial charge in [0.2, 0.25) is 0 Å². The average molecular weight is 251 g/mol. The number of furan rings is 1. The highest BCUT2D eigenvalue weighted by atomic mass is 35.5. The first-order chi connectivity index (χ1) is 8.18. The minimum Gasteiger partial charge on any atom is -0.472 e. The van der Waals surface area contributed by atoms with E-state index in [1.165, 1.54) is 6.20 Å². The molecule has 0 saturated carbocycles. The number of halogens is 1. The van der Waals surface area contributed by atoms with Gasteiger partial charge in [0.1, 0.15) is 0 Å². The van der Waals surface area contributed by atoms with E-state index in [4.69, 9.17) is 16.0 Å². The summed E-state index contributed by atoms with van der Waals surface area (Å²) in [7, 11) is 1.71. The lowest BCUT2D eigenvalue weighted by molar-refractivity contribution is 0.0784. The average Bonchev–Trinajstić information content (AvgIpc) is 2.81. The first-order valence-electron chi connectivity index (χ1n) is 5.04. The molecule has 0 aliphatic heterocycles. The molecule has 2 aromatic heterocycles. The van der Waals surface area contributed by atoms with Gasteiger partial charge in [-0.25, -0.2) is 0 Å². The van der Waals surface area contributed by atoms with Crippen LogP contribution in [-0.2, 0) is 6.54 Å². The predicted molar refractivity (Wildman–Crippen MR) is 63.8 cm³/mol. The van der Waals surface area contributed by atoms with E-state index in [9.17, 15) is 4.79 Å². The normalized spacial score (nSPS) is 10.2. The van der Waals surface area contributed by atoms with Crippen molar-refractivity contribution in [1.29, 1.82) is 0 Å². The number of hydrogen-bond acceptors (Lipinski definition) is 3. The van der Waals surface area contributed by atoms with Gasteiger partial charge in [-0.3, -0.25) is 9.78 Å². The van der Waals surface area contributed by atoms with E-state index >= 15 is 0 Å². The number of pyridine rings is 1. The van der Waals surface area contributed by atoms with Crippen LogP contribution in [0.3, 0.4) is 0 Å². The fourth-order valence-corrected chi connectivity index (χ4v) is 1.65. The zero-order chi connectivity index (χ0) is 12.3. The maximum Gasteiger partial charge on any atom is 0.256 e. The van der Waals surface area contributed by atoms with Gasteiger partial charge >= 0.3 is 0 Å². The van der Waals surface area contributed by atoms with Crippen LogP contribution in [0.5, 0.6) is 0 Å². The van der Waals surface area contributed by atoms with Crippen LogP contribution in [0.2, 0.25) is 5.02 Å². The van der Waals surface area contributed by atoms with Gasteiger partial charge in [0.05, 0.1) is 23.1 Å². The van der Waals surface area contributed by atoms with E-state index in [0.29, 0.717) is 17.1 Å². The third kappa shape index (κ3) is 2.65. The van der Waals surface area contributed by atoms with Crippen LogP contribution in [0.4, 0.5) is 0 Å². The standard InChI is InChI=1S/C12H11ClN2O2/c1-15(7-9-3-5-17-8-9)12(16)10-6-14-4-2-11(10)13/h2-6,8H,7H2,1H3. The summed E-state index contributed by atoms with van der Waals surface area (Å²) < 4.78 is 4.95. The number of aromatic nitrogens is 1. The van der Waals surface area contributed by atoms with E-state index in [1.54, 1.807) is 36.7 Å². The molecule has 5 heteroatoms. The molecule has 0 aliphatic rings. The van der Waals surface area contributed by atoms with Crippen molar-refractivity contribution in [3.63, 3.8) is 0 Å². The number of amides is 1. The number of rotatable bonds is 3. The third-order valence-corrected chi connectivity index (χ3v) is 2.67. The number of carbonyl (C=O) groups is 1. The molecule has 0 unspecified atom stereocenters. The Morgan fingerprint density at radius 1 is 1.53 bits per heavy atom. The maximum absolute atomic E-state index is 12.1. The molecule has 0 atom stereocenters. The van der Waals surface area contributed by atoms with Gasteiger partial charge in [-0.2, -0.15) is 0 Å². The molecule has 2 rings (SSSR count). The Hall–Kier alpha value is -1.81. The van der Waals surface area contributed by atoms with Crippen LogP contribution < -0.4 is 0 Å². The summed E-state index contributed by atoms with van der Waals surface area (Å²) in [5.74, 6) is -0.163. The molecule has 4 nitrogen and oxygen atoms in total. The quantitative estimate of drug-likeness (QED) is 0.841. The van der Waals surface area contributed by atoms with Crippen molar-refractivity contribution in [2.24, 2.45) is 0 Å². The Morgan fingerprint density at radius 2 is 2.35 bits per heavy atom. The molecular weight excluding hydrogens is 240 g/mol. The zero-order valence-corrected chi connectivity index (χ0v) is 10.0. The number of hydrogen-bond donors (Lipinski definition) is 0. The van der Waals surface area contributed by atoms with Gasteiger partial charge in [-0.15, -0.1) is 0 Å². The minimum absolute atomic E-state index is 0.163. The molecule has 17 heavy (non-hydrogen) atoms. The highest BCUT2D eigenvalue weighted by Crippen LogP contribution is 2.16. The van der Waals surface area contributed by atoms with Gasteiger partial charge < -0.3 is 9.32 Å². The second-order valence-electron chi connectivity index (χ2n) is 3.65. The summed E-state index contributed by atoms with van der Waals surface area (Å²) in [6.07, 6.45) is 6.20. The fourth-order valence-electron chi connectivity index (χ4n) is 1.47. The van der Waals surface area contributed by atoms with Crippen molar-refractivity contribution in [1.82, 2.24) is 9.88 Å². The molecule has 0 aliphatic carbocycles. The second kappa shape index (κ2) is 5.01. The van der Waals surface area contributed by atoms with E-state index in [0.717, 1.165) is 5.56 Å². The Bertz CT molecular complexity index is 511. The molecule has 0 saturated heterocycles. The summed E-state index contributed by atoms with van der Waals surface area (Å²) in [6, 6.07) is 3.41. The van der Waals surface area contributed by atoms with E-state index < -0.39 is 0 Å². The Kier molecular flexibility index (Phi) is 3.44. The first kappa shape index (κ1) is 11.7. The van der Waals surface area contributed by atoms with Crippen molar-refractivity contribution in [2.75, 3.05) is 7.05 Å². The molecular formula is C12H11ClN2O2. The van der Waals surface area contributed by atoms with Crippen LogP contribution in [0.15, 0.2) is 41.5 Å². The molecule has 0 N–H and O–H groups in total. The molecule has 2 aromatic rings. The largest absolute Gasteiger partial charge is 0.472 e. The minimum atomic E-state index is -0.163. The molecule has 0 spiro atoms. The molecule has 2 heterocycles. The molecule has 0 fully saturated rings. The third-order valence-electron chi connectivity index (χ3n) is 2.34. The lowest BCUT2D eigenvalue weighted by Gasteiger charge is -2.16. The summed E-state index contributed by atoms with van der Waals surface area (Å²) in [4.78, 5) is 17.5. The van der Waals surface area contributed by atoms with Crippen molar-refractivity contribution >= 4 is 17.5 Å². The van der Waals surface area contributed by atoms with Gasteiger partial charge in [0.15, 0.2) is 0 Å². The zero-order valence-electron chi connectivity index (χ0n) is 9.26. The SMILES string of the molecule is CN(Cc1ccoc1)C(=O)c1cnccc1Cl. The predicted octanol–water partition coefficient (Wildman–Crippen LogP) is 2.60.